The van der Waals surface area contributed by atoms with Crippen LogP contribution in [0.1, 0.15) is 43.7 Å². The van der Waals surface area contributed by atoms with Crippen molar-refractivity contribution in [2.75, 3.05) is 10.8 Å². The van der Waals surface area contributed by atoms with Gasteiger partial charge in [-0.25, -0.2) is 8.42 Å². The largest absolute Gasteiger partial charge is 0.352 e. The number of para-hydroxylation sites is 1. The number of halogens is 1. The number of sulfonamides is 1. The molecule has 0 radical (unpaired) electrons. The van der Waals surface area contributed by atoms with E-state index in [0.717, 1.165) is 41.1 Å². The number of hydrogen-bond donors (Lipinski definition) is 1. The van der Waals surface area contributed by atoms with Crippen LogP contribution >= 0.6 is 11.6 Å². The Hall–Kier alpha value is -3.36. The van der Waals surface area contributed by atoms with E-state index in [2.05, 4.69) is 5.32 Å². The first-order valence-corrected chi connectivity index (χ1v) is 15.0. The highest BCUT2D eigenvalue weighted by Gasteiger charge is 2.33. The van der Waals surface area contributed by atoms with Crippen LogP contribution in [0.15, 0.2) is 83.8 Å². The third-order valence-corrected chi connectivity index (χ3v) is 9.11. The molecule has 39 heavy (non-hydrogen) atoms. The Bertz CT molecular complexity index is 1370. The second-order valence-corrected chi connectivity index (χ2v) is 12.3. The zero-order valence-electron chi connectivity index (χ0n) is 22.2. The number of carbonyl (C=O) groups excluding carboxylic acids is 2. The third kappa shape index (κ3) is 7.19. The lowest BCUT2D eigenvalue weighted by Gasteiger charge is -2.32. The number of rotatable bonds is 10. The normalized spacial score (nSPS) is 14.5. The summed E-state index contributed by atoms with van der Waals surface area (Å²) >= 11 is 5.99. The number of benzene rings is 3. The summed E-state index contributed by atoms with van der Waals surface area (Å²) < 4.78 is 28.6. The second-order valence-electron chi connectivity index (χ2n) is 9.97. The molecule has 0 saturated heterocycles. The van der Waals surface area contributed by atoms with E-state index in [1.54, 1.807) is 37.3 Å². The predicted molar refractivity (Wildman–Crippen MR) is 154 cm³/mol. The van der Waals surface area contributed by atoms with Crippen LogP contribution < -0.4 is 9.62 Å². The molecule has 1 saturated carbocycles. The first-order chi connectivity index (χ1) is 18.6. The molecule has 3 aromatic carbocycles. The monoisotopic (exact) mass is 567 g/mol. The Morgan fingerprint density at radius 2 is 1.56 bits per heavy atom. The molecular formula is C30H34ClN3O4S. The van der Waals surface area contributed by atoms with E-state index in [1.807, 2.05) is 31.2 Å². The Labute approximate surface area is 235 Å². The van der Waals surface area contributed by atoms with Gasteiger partial charge in [-0.1, -0.05) is 72.5 Å². The van der Waals surface area contributed by atoms with Crippen molar-refractivity contribution in [1.82, 2.24) is 10.2 Å². The van der Waals surface area contributed by atoms with Crippen LogP contribution in [0.3, 0.4) is 0 Å². The van der Waals surface area contributed by atoms with Gasteiger partial charge in [0.1, 0.15) is 12.6 Å². The molecule has 9 heteroatoms. The van der Waals surface area contributed by atoms with Gasteiger partial charge in [-0.3, -0.25) is 13.9 Å². The van der Waals surface area contributed by atoms with E-state index >= 15 is 0 Å². The molecule has 0 aromatic heterocycles. The lowest BCUT2D eigenvalue weighted by Crippen LogP contribution is -2.52. The van der Waals surface area contributed by atoms with Gasteiger partial charge in [0.2, 0.25) is 11.8 Å². The number of nitrogens with zero attached hydrogens (tertiary/aromatic N) is 2. The Kier molecular flexibility index (Phi) is 9.30. The molecule has 1 fully saturated rings. The average Bonchev–Trinajstić information content (AvgIpc) is 3.44. The Morgan fingerprint density at radius 3 is 2.18 bits per heavy atom. The van der Waals surface area contributed by atoms with Crippen molar-refractivity contribution in [3.8, 4) is 0 Å². The SMILES string of the molecule is Cc1ccc(CN(C(=O)CN(c2ccccc2)S(=O)(=O)c2ccc(Cl)cc2)[C@H](C)C(=O)NC2CCCC2)cc1. The maximum atomic E-state index is 13.9. The van der Waals surface area contributed by atoms with Crippen LogP contribution in [-0.4, -0.2) is 43.8 Å². The van der Waals surface area contributed by atoms with Crippen molar-refractivity contribution in [1.29, 1.82) is 0 Å². The molecule has 1 atom stereocenters. The van der Waals surface area contributed by atoms with Gasteiger partial charge in [-0.2, -0.15) is 0 Å². The van der Waals surface area contributed by atoms with Crippen LogP contribution in [0.25, 0.3) is 0 Å². The maximum Gasteiger partial charge on any atom is 0.264 e. The molecule has 0 heterocycles. The molecule has 206 valence electrons. The van der Waals surface area contributed by atoms with Gasteiger partial charge >= 0.3 is 0 Å². The minimum Gasteiger partial charge on any atom is -0.352 e. The minimum atomic E-state index is -4.12. The third-order valence-electron chi connectivity index (χ3n) is 7.07. The summed E-state index contributed by atoms with van der Waals surface area (Å²) in [5.74, 6) is -0.722. The van der Waals surface area contributed by atoms with Crippen LogP contribution in [0.2, 0.25) is 5.02 Å². The zero-order valence-corrected chi connectivity index (χ0v) is 23.8. The van der Waals surface area contributed by atoms with Crippen molar-refractivity contribution >= 4 is 39.1 Å². The fourth-order valence-corrected chi connectivity index (χ4v) is 6.26. The Morgan fingerprint density at radius 1 is 0.949 bits per heavy atom. The van der Waals surface area contributed by atoms with Crippen molar-refractivity contribution in [3.05, 3.63) is 95.0 Å². The highest BCUT2D eigenvalue weighted by atomic mass is 35.5. The average molecular weight is 568 g/mol. The van der Waals surface area contributed by atoms with Crippen molar-refractivity contribution in [2.45, 2.75) is 63.1 Å². The molecule has 0 bridgehead atoms. The van der Waals surface area contributed by atoms with Crippen LogP contribution in [0.5, 0.6) is 0 Å². The van der Waals surface area contributed by atoms with Crippen LogP contribution in [-0.2, 0) is 26.2 Å². The van der Waals surface area contributed by atoms with E-state index in [4.69, 9.17) is 11.6 Å². The first kappa shape index (κ1) is 28.6. The molecule has 2 amide bonds. The second kappa shape index (κ2) is 12.7. The molecule has 0 spiro atoms. The number of amides is 2. The maximum absolute atomic E-state index is 13.9. The molecule has 3 aromatic rings. The Balaban J connectivity index is 1.66. The predicted octanol–water partition coefficient (Wildman–Crippen LogP) is 5.32. The highest BCUT2D eigenvalue weighted by molar-refractivity contribution is 7.92. The van der Waals surface area contributed by atoms with Crippen molar-refractivity contribution in [2.24, 2.45) is 0 Å². The lowest BCUT2D eigenvalue weighted by molar-refractivity contribution is -0.139. The quantitative estimate of drug-likeness (QED) is 0.359. The topological polar surface area (TPSA) is 86.8 Å². The van der Waals surface area contributed by atoms with Gasteiger partial charge in [0.05, 0.1) is 10.6 Å². The standard InChI is InChI=1S/C30H34ClN3O4S/c1-22-12-14-24(15-13-22)20-33(23(2)30(36)32-26-8-6-7-9-26)29(35)21-34(27-10-4-3-5-11-27)39(37,38)28-18-16-25(31)17-19-28/h3-5,10-19,23,26H,6-9,20-21H2,1-2H3,(H,32,36)/t23-/m1/s1. The number of aryl methyl sites for hydroxylation is 1. The van der Waals surface area contributed by atoms with E-state index in [1.165, 1.54) is 29.2 Å². The smallest absolute Gasteiger partial charge is 0.264 e. The molecule has 7 nitrogen and oxygen atoms in total. The van der Waals surface area contributed by atoms with Gasteiger partial charge < -0.3 is 10.2 Å². The van der Waals surface area contributed by atoms with Crippen molar-refractivity contribution < 1.29 is 18.0 Å². The molecule has 0 aliphatic heterocycles. The van der Waals surface area contributed by atoms with Crippen molar-refractivity contribution in [3.63, 3.8) is 0 Å². The van der Waals surface area contributed by atoms with Gasteiger partial charge in [0.25, 0.3) is 10.0 Å². The first-order valence-electron chi connectivity index (χ1n) is 13.1. The summed E-state index contributed by atoms with van der Waals surface area (Å²) in [6, 6.07) is 21.3. The number of anilines is 1. The fourth-order valence-electron chi connectivity index (χ4n) is 4.72. The molecule has 0 unspecified atom stereocenters. The number of carbonyl (C=O) groups is 2. The summed E-state index contributed by atoms with van der Waals surface area (Å²) in [6.45, 7) is 3.37. The molecule has 4 rings (SSSR count). The number of nitrogens with one attached hydrogen (secondary N) is 1. The van der Waals surface area contributed by atoms with E-state index in [9.17, 15) is 18.0 Å². The minimum absolute atomic E-state index is 0.0145. The summed E-state index contributed by atoms with van der Waals surface area (Å²) in [5, 5.41) is 3.48. The zero-order chi connectivity index (χ0) is 28.0. The lowest BCUT2D eigenvalue weighted by atomic mass is 10.1. The van der Waals surface area contributed by atoms with Gasteiger partial charge in [-0.15, -0.1) is 0 Å². The summed E-state index contributed by atoms with van der Waals surface area (Å²) in [6.07, 6.45) is 3.98. The molecule has 1 aliphatic rings. The molecule has 1 aliphatic carbocycles. The van der Waals surface area contributed by atoms with E-state index in [-0.39, 0.29) is 23.4 Å². The summed E-state index contributed by atoms with van der Waals surface area (Å²) in [7, 11) is -4.12. The van der Waals surface area contributed by atoms with E-state index in [0.29, 0.717) is 10.7 Å². The van der Waals surface area contributed by atoms with Gasteiger partial charge in [0, 0.05) is 17.6 Å². The fraction of sp³-hybridized carbons (Fsp3) is 0.333. The number of hydrogen-bond acceptors (Lipinski definition) is 4. The molecular weight excluding hydrogens is 534 g/mol. The highest BCUT2D eigenvalue weighted by Crippen LogP contribution is 2.25. The van der Waals surface area contributed by atoms with Gasteiger partial charge in [-0.05, 0) is 68.7 Å². The van der Waals surface area contributed by atoms with E-state index < -0.39 is 28.5 Å². The van der Waals surface area contributed by atoms with Crippen LogP contribution in [0, 0.1) is 6.92 Å². The van der Waals surface area contributed by atoms with Gasteiger partial charge in [0.15, 0.2) is 0 Å². The molecule has 1 N–H and O–H groups in total. The summed E-state index contributed by atoms with van der Waals surface area (Å²) in [4.78, 5) is 28.7. The summed E-state index contributed by atoms with van der Waals surface area (Å²) in [5.41, 5.74) is 2.27. The van der Waals surface area contributed by atoms with Crippen LogP contribution in [0.4, 0.5) is 5.69 Å².